The van der Waals surface area contributed by atoms with Crippen LogP contribution in [-0.2, 0) is 6.42 Å². The molecule has 3 rings (SSSR count). The van der Waals surface area contributed by atoms with Gasteiger partial charge < -0.3 is 5.11 Å². The summed E-state index contributed by atoms with van der Waals surface area (Å²) in [6.45, 7) is 3.93. The molecule has 1 aliphatic rings. The third kappa shape index (κ3) is 1.88. The van der Waals surface area contributed by atoms with Crippen molar-refractivity contribution in [3.05, 3.63) is 22.0 Å². The molecular weight excluding hydrogens is 248 g/mol. The molecule has 0 amide bonds. The molecular formula is C13H14N2O2S. The SMILES string of the molecule is Cc1sc2nc(CC3CC3)nc(C(=O)O)c2c1C. The average molecular weight is 262 g/mol. The molecule has 1 aliphatic carbocycles. The van der Waals surface area contributed by atoms with E-state index in [1.165, 1.54) is 12.8 Å². The molecule has 0 atom stereocenters. The summed E-state index contributed by atoms with van der Waals surface area (Å²) in [6.07, 6.45) is 3.24. The second kappa shape index (κ2) is 4.02. The number of carboxylic acids is 1. The number of thiophene rings is 1. The highest BCUT2D eigenvalue weighted by Crippen LogP contribution is 2.34. The Bertz CT molecular complexity index is 644. The lowest BCUT2D eigenvalue weighted by Crippen LogP contribution is -2.07. The molecule has 1 saturated carbocycles. The number of hydrogen-bond donors (Lipinski definition) is 1. The number of fused-ring (bicyclic) bond motifs is 1. The molecule has 0 bridgehead atoms. The van der Waals surface area contributed by atoms with Crippen molar-refractivity contribution in [1.82, 2.24) is 9.97 Å². The van der Waals surface area contributed by atoms with Crippen LogP contribution in [0.2, 0.25) is 0 Å². The largest absolute Gasteiger partial charge is 0.476 e. The van der Waals surface area contributed by atoms with Crippen LogP contribution in [0.4, 0.5) is 0 Å². The average Bonchev–Trinajstić information content (AvgIpc) is 3.06. The van der Waals surface area contributed by atoms with Crippen molar-refractivity contribution < 1.29 is 9.90 Å². The van der Waals surface area contributed by atoms with Crippen molar-refractivity contribution in [2.75, 3.05) is 0 Å². The number of aromatic carboxylic acids is 1. The van der Waals surface area contributed by atoms with Crippen LogP contribution in [0.3, 0.4) is 0 Å². The number of hydrogen-bond acceptors (Lipinski definition) is 4. The molecule has 0 radical (unpaired) electrons. The quantitative estimate of drug-likeness (QED) is 0.923. The maximum absolute atomic E-state index is 11.3. The lowest BCUT2D eigenvalue weighted by Gasteiger charge is -2.03. The Kier molecular flexibility index (Phi) is 2.59. The van der Waals surface area contributed by atoms with Crippen LogP contribution in [0.15, 0.2) is 0 Å². The number of carbonyl (C=O) groups is 1. The number of aryl methyl sites for hydroxylation is 2. The molecule has 0 spiro atoms. The van der Waals surface area contributed by atoms with Gasteiger partial charge in [0.25, 0.3) is 0 Å². The van der Waals surface area contributed by atoms with E-state index in [0.717, 1.165) is 21.7 Å². The molecule has 0 unspecified atom stereocenters. The maximum atomic E-state index is 11.3. The Labute approximate surface area is 109 Å². The van der Waals surface area contributed by atoms with Gasteiger partial charge in [-0.2, -0.15) is 0 Å². The molecule has 2 aromatic rings. The smallest absolute Gasteiger partial charge is 0.355 e. The Hall–Kier alpha value is -1.49. The normalized spacial score (nSPS) is 15.2. The van der Waals surface area contributed by atoms with E-state index in [9.17, 15) is 9.90 Å². The first-order chi connectivity index (χ1) is 8.56. The van der Waals surface area contributed by atoms with Crippen molar-refractivity contribution in [3.63, 3.8) is 0 Å². The standard InChI is InChI=1S/C13H14N2O2S/c1-6-7(2)18-12-10(6)11(13(16)17)14-9(15-12)5-8-3-4-8/h8H,3-5H2,1-2H3,(H,16,17). The van der Waals surface area contributed by atoms with Gasteiger partial charge >= 0.3 is 5.97 Å². The van der Waals surface area contributed by atoms with Gasteiger partial charge in [-0.3, -0.25) is 0 Å². The number of aromatic nitrogens is 2. The van der Waals surface area contributed by atoms with E-state index in [1.54, 1.807) is 11.3 Å². The van der Waals surface area contributed by atoms with Gasteiger partial charge in [0.15, 0.2) is 5.69 Å². The minimum absolute atomic E-state index is 0.164. The summed E-state index contributed by atoms with van der Waals surface area (Å²) in [4.78, 5) is 22.0. The molecule has 18 heavy (non-hydrogen) atoms. The highest BCUT2D eigenvalue weighted by molar-refractivity contribution is 7.18. The lowest BCUT2D eigenvalue weighted by molar-refractivity contribution is 0.0692. The molecule has 0 aliphatic heterocycles. The molecule has 0 aromatic carbocycles. The van der Waals surface area contributed by atoms with Crippen LogP contribution < -0.4 is 0 Å². The summed E-state index contributed by atoms with van der Waals surface area (Å²) in [6, 6.07) is 0. The van der Waals surface area contributed by atoms with Crippen LogP contribution in [-0.4, -0.2) is 21.0 Å². The molecule has 4 nitrogen and oxygen atoms in total. The highest BCUT2D eigenvalue weighted by atomic mass is 32.1. The van der Waals surface area contributed by atoms with Gasteiger partial charge in [0.05, 0.1) is 0 Å². The van der Waals surface area contributed by atoms with E-state index in [0.29, 0.717) is 17.1 Å². The molecule has 2 heterocycles. The maximum Gasteiger partial charge on any atom is 0.355 e. The number of nitrogens with zero attached hydrogens (tertiary/aromatic N) is 2. The topological polar surface area (TPSA) is 63.1 Å². The Morgan fingerprint density at radius 3 is 2.72 bits per heavy atom. The third-order valence-electron chi connectivity index (χ3n) is 3.45. The fraction of sp³-hybridized carbons (Fsp3) is 0.462. The first-order valence-electron chi connectivity index (χ1n) is 6.06. The molecule has 0 saturated heterocycles. The summed E-state index contributed by atoms with van der Waals surface area (Å²) in [5.41, 5.74) is 1.16. The number of carboxylic acid groups (broad SMARTS) is 1. The lowest BCUT2D eigenvalue weighted by atomic mass is 10.1. The van der Waals surface area contributed by atoms with Crippen LogP contribution >= 0.6 is 11.3 Å². The van der Waals surface area contributed by atoms with Gasteiger partial charge in [0.1, 0.15) is 10.7 Å². The fourth-order valence-corrected chi connectivity index (χ4v) is 3.17. The first kappa shape index (κ1) is 11.6. The van der Waals surface area contributed by atoms with E-state index < -0.39 is 5.97 Å². The summed E-state index contributed by atoms with van der Waals surface area (Å²) >= 11 is 1.56. The van der Waals surface area contributed by atoms with Gasteiger partial charge in [-0.15, -0.1) is 11.3 Å². The minimum atomic E-state index is -0.958. The van der Waals surface area contributed by atoms with E-state index in [4.69, 9.17) is 0 Å². The van der Waals surface area contributed by atoms with Crippen molar-refractivity contribution in [2.24, 2.45) is 5.92 Å². The Morgan fingerprint density at radius 2 is 2.11 bits per heavy atom. The predicted octanol–water partition coefficient (Wildman–Crippen LogP) is 2.96. The second-order valence-corrected chi connectivity index (χ2v) is 6.11. The van der Waals surface area contributed by atoms with E-state index in [2.05, 4.69) is 9.97 Å². The molecule has 5 heteroatoms. The monoisotopic (exact) mass is 262 g/mol. The third-order valence-corrected chi connectivity index (χ3v) is 4.55. The summed E-state index contributed by atoms with van der Waals surface area (Å²) < 4.78 is 0. The zero-order valence-electron chi connectivity index (χ0n) is 10.4. The van der Waals surface area contributed by atoms with E-state index in [1.807, 2.05) is 13.8 Å². The minimum Gasteiger partial charge on any atom is -0.476 e. The Morgan fingerprint density at radius 1 is 1.39 bits per heavy atom. The second-order valence-electron chi connectivity index (χ2n) is 4.90. The zero-order valence-corrected chi connectivity index (χ0v) is 11.2. The van der Waals surface area contributed by atoms with Gasteiger partial charge in [-0.05, 0) is 38.2 Å². The van der Waals surface area contributed by atoms with Crippen LogP contribution in [0.5, 0.6) is 0 Å². The molecule has 94 valence electrons. The van der Waals surface area contributed by atoms with E-state index in [-0.39, 0.29) is 5.69 Å². The van der Waals surface area contributed by atoms with Crippen LogP contribution in [0, 0.1) is 19.8 Å². The van der Waals surface area contributed by atoms with Crippen molar-refractivity contribution in [1.29, 1.82) is 0 Å². The van der Waals surface area contributed by atoms with Crippen LogP contribution in [0.1, 0.15) is 39.6 Å². The molecule has 1 fully saturated rings. The van der Waals surface area contributed by atoms with Crippen molar-refractivity contribution in [3.8, 4) is 0 Å². The first-order valence-corrected chi connectivity index (χ1v) is 6.88. The van der Waals surface area contributed by atoms with Gasteiger partial charge in [-0.1, -0.05) is 0 Å². The fourth-order valence-electron chi connectivity index (χ4n) is 2.12. The molecule has 1 N–H and O–H groups in total. The number of rotatable bonds is 3. The van der Waals surface area contributed by atoms with Gasteiger partial charge in [0, 0.05) is 16.7 Å². The van der Waals surface area contributed by atoms with Gasteiger partial charge in [0.2, 0.25) is 0 Å². The van der Waals surface area contributed by atoms with Crippen molar-refractivity contribution >= 4 is 27.5 Å². The summed E-state index contributed by atoms with van der Waals surface area (Å²) in [5.74, 6) is 0.384. The van der Waals surface area contributed by atoms with Crippen molar-refractivity contribution in [2.45, 2.75) is 33.1 Å². The van der Waals surface area contributed by atoms with Crippen LogP contribution in [0.25, 0.3) is 10.2 Å². The molecule has 2 aromatic heterocycles. The predicted molar refractivity (Wildman–Crippen MR) is 70.3 cm³/mol. The zero-order chi connectivity index (χ0) is 12.9. The van der Waals surface area contributed by atoms with Gasteiger partial charge in [-0.25, -0.2) is 14.8 Å². The highest BCUT2D eigenvalue weighted by Gasteiger charge is 2.25. The Balaban J connectivity index is 2.20. The summed E-state index contributed by atoms with van der Waals surface area (Å²) in [7, 11) is 0. The summed E-state index contributed by atoms with van der Waals surface area (Å²) in [5, 5.41) is 10.0. The van der Waals surface area contributed by atoms with E-state index >= 15 is 0 Å².